The molecule has 0 aliphatic carbocycles. The predicted molar refractivity (Wildman–Crippen MR) is 80.5 cm³/mol. The van der Waals surface area contributed by atoms with Gasteiger partial charge in [0.25, 0.3) is 0 Å². The zero-order chi connectivity index (χ0) is 14.4. The van der Waals surface area contributed by atoms with E-state index in [1.165, 1.54) is 11.1 Å². The van der Waals surface area contributed by atoms with E-state index in [4.69, 9.17) is 0 Å². The van der Waals surface area contributed by atoms with Gasteiger partial charge in [-0.1, -0.05) is 6.92 Å². The Hall–Kier alpha value is -1.81. The number of hydrogen-bond donors (Lipinski definition) is 1. The van der Waals surface area contributed by atoms with Crippen LogP contribution in [0.1, 0.15) is 49.0 Å². The van der Waals surface area contributed by atoms with Gasteiger partial charge >= 0.3 is 0 Å². The van der Waals surface area contributed by atoms with Crippen molar-refractivity contribution in [3.05, 3.63) is 53.4 Å². The fraction of sp³-hybridized carbons (Fsp3) is 0.438. The predicted octanol–water partition coefficient (Wildman–Crippen LogP) is 2.83. The Morgan fingerprint density at radius 1 is 1.25 bits per heavy atom. The number of aryl methyl sites for hydroxylation is 1. The topological polar surface area (TPSA) is 50.7 Å². The molecule has 4 heteroatoms. The van der Waals surface area contributed by atoms with Crippen molar-refractivity contribution >= 4 is 0 Å². The SMILES string of the molecule is CCCNC(C)c1cnc(Cc2ccncc2)nc1C. The van der Waals surface area contributed by atoms with Gasteiger partial charge in [-0.3, -0.25) is 4.98 Å². The lowest BCUT2D eigenvalue weighted by molar-refractivity contribution is 0.563. The van der Waals surface area contributed by atoms with Gasteiger partial charge < -0.3 is 5.32 Å². The number of nitrogens with one attached hydrogen (secondary N) is 1. The molecule has 2 aromatic heterocycles. The van der Waals surface area contributed by atoms with Crippen LogP contribution in [0.25, 0.3) is 0 Å². The Kier molecular flexibility index (Phi) is 5.18. The van der Waals surface area contributed by atoms with Gasteiger partial charge in [-0.15, -0.1) is 0 Å². The summed E-state index contributed by atoms with van der Waals surface area (Å²) in [5, 5.41) is 3.47. The van der Waals surface area contributed by atoms with Crippen molar-refractivity contribution in [2.45, 2.75) is 39.7 Å². The highest BCUT2D eigenvalue weighted by Crippen LogP contribution is 2.15. The van der Waals surface area contributed by atoms with E-state index in [1.54, 1.807) is 12.4 Å². The van der Waals surface area contributed by atoms with Crippen LogP contribution < -0.4 is 5.32 Å². The molecule has 0 bridgehead atoms. The number of nitrogens with zero attached hydrogens (tertiary/aromatic N) is 3. The maximum absolute atomic E-state index is 4.63. The lowest BCUT2D eigenvalue weighted by atomic mass is 10.1. The van der Waals surface area contributed by atoms with E-state index in [0.717, 1.165) is 30.9 Å². The maximum Gasteiger partial charge on any atom is 0.132 e. The lowest BCUT2D eigenvalue weighted by Gasteiger charge is -2.15. The lowest BCUT2D eigenvalue weighted by Crippen LogP contribution is -2.21. The van der Waals surface area contributed by atoms with Crippen LogP contribution in [0, 0.1) is 6.92 Å². The summed E-state index contributed by atoms with van der Waals surface area (Å²) in [6.07, 6.45) is 7.43. The Bertz CT molecular complexity index is 539. The third kappa shape index (κ3) is 3.84. The molecular weight excluding hydrogens is 248 g/mol. The zero-order valence-corrected chi connectivity index (χ0v) is 12.4. The summed E-state index contributed by atoms with van der Waals surface area (Å²) in [6, 6.07) is 4.29. The quantitative estimate of drug-likeness (QED) is 0.877. The second-order valence-electron chi connectivity index (χ2n) is 5.04. The van der Waals surface area contributed by atoms with E-state index in [9.17, 15) is 0 Å². The van der Waals surface area contributed by atoms with Crippen molar-refractivity contribution in [2.75, 3.05) is 6.54 Å². The minimum atomic E-state index is 0.296. The molecule has 1 unspecified atom stereocenters. The first-order valence-corrected chi connectivity index (χ1v) is 7.15. The summed E-state index contributed by atoms with van der Waals surface area (Å²) < 4.78 is 0. The van der Waals surface area contributed by atoms with Crippen molar-refractivity contribution in [2.24, 2.45) is 0 Å². The van der Waals surface area contributed by atoms with Gasteiger partial charge in [-0.2, -0.15) is 0 Å². The molecule has 2 heterocycles. The van der Waals surface area contributed by atoms with Gasteiger partial charge in [0.15, 0.2) is 0 Å². The summed E-state index contributed by atoms with van der Waals surface area (Å²) >= 11 is 0. The van der Waals surface area contributed by atoms with E-state index in [-0.39, 0.29) is 0 Å². The molecule has 0 fully saturated rings. The van der Waals surface area contributed by atoms with Crippen LogP contribution >= 0.6 is 0 Å². The molecule has 0 saturated carbocycles. The number of hydrogen-bond acceptors (Lipinski definition) is 4. The third-order valence-corrected chi connectivity index (χ3v) is 3.35. The first kappa shape index (κ1) is 14.6. The van der Waals surface area contributed by atoms with Crippen LogP contribution in [0.4, 0.5) is 0 Å². The standard InChI is InChI=1S/C16H22N4/c1-4-7-18-12(2)15-11-19-16(20-13(15)3)10-14-5-8-17-9-6-14/h5-6,8-9,11-12,18H,4,7,10H2,1-3H3. The van der Waals surface area contributed by atoms with Crippen molar-refractivity contribution in [3.63, 3.8) is 0 Å². The van der Waals surface area contributed by atoms with Gasteiger partial charge in [0.2, 0.25) is 0 Å². The Balaban J connectivity index is 2.09. The molecule has 0 saturated heterocycles. The molecule has 20 heavy (non-hydrogen) atoms. The molecular formula is C16H22N4. The zero-order valence-electron chi connectivity index (χ0n) is 12.4. The Morgan fingerprint density at radius 3 is 2.65 bits per heavy atom. The first-order valence-electron chi connectivity index (χ1n) is 7.15. The van der Waals surface area contributed by atoms with Crippen molar-refractivity contribution < 1.29 is 0 Å². The van der Waals surface area contributed by atoms with Crippen molar-refractivity contribution in [1.82, 2.24) is 20.3 Å². The summed E-state index contributed by atoms with van der Waals surface area (Å²) in [6.45, 7) is 7.39. The fourth-order valence-corrected chi connectivity index (χ4v) is 2.19. The van der Waals surface area contributed by atoms with Gasteiger partial charge in [0.05, 0.1) is 0 Å². The second-order valence-corrected chi connectivity index (χ2v) is 5.04. The number of rotatable bonds is 6. The minimum absolute atomic E-state index is 0.296. The normalized spacial score (nSPS) is 12.3. The summed E-state index contributed by atoms with van der Waals surface area (Å²) in [5.74, 6) is 0.861. The van der Waals surface area contributed by atoms with Gasteiger partial charge in [-0.25, -0.2) is 9.97 Å². The second kappa shape index (κ2) is 7.10. The number of aromatic nitrogens is 3. The molecule has 2 aromatic rings. The Morgan fingerprint density at radius 2 is 2.00 bits per heavy atom. The smallest absolute Gasteiger partial charge is 0.132 e. The highest BCUT2D eigenvalue weighted by Gasteiger charge is 2.10. The molecule has 4 nitrogen and oxygen atoms in total. The fourth-order valence-electron chi connectivity index (χ4n) is 2.19. The molecule has 0 aliphatic rings. The van der Waals surface area contributed by atoms with Crippen molar-refractivity contribution in [1.29, 1.82) is 0 Å². The molecule has 1 atom stereocenters. The van der Waals surface area contributed by atoms with E-state index in [0.29, 0.717) is 6.04 Å². The number of pyridine rings is 1. The first-order chi connectivity index (χ1) is 9.70. The third-order valence-electron chi connectivity index (χ3n) is 3.35. The van der Waals surface area contributed by atoms with Crippen LogP contribution in [0.3, 0.4) is 0 Å². The monoisotopic (exact) mass is 270 g/mol. The Labute approximate surface area is 120 Å². The van der Waals surface area contributed by atoms with Crippen LogP contribution in [-0.4, -0.2) is 21.5 Å². The van der Waals surface area contributed by atoms with Crippen LogP contribution in [0.5, 0.6) is 0 Å². The highest BCUT2D eigenvalue weighted by atomic mass is 14.9. The average Bonchev–Trinajstić information content (AvgIpc) is 2.46. The molecule has 0 amide bonds. The van der Waals surface area contributed by atoms with E-state index < -0.39 is 0 Å². The molecule has 0 aliphatic heterocycles. The summed E-state index contributed by atoms with van der Waals surface area (Å²) in [7, 11) is 0. The minimum Gasteiger partial charge on any atom is -0.310 e. The van der Waals surface area contributed by atoms with E-state index in [2.05, 4.69) is 41.0 Å². The van der Waals surface area contributed by atoms with Gasteiger partial charge in [-0.05, 0) is 44.5 Å². The summed E-state index contributed by atoms with van der Waals surface area (Å²) in [5.41, 5.74) is 3.42. The molecule has 1 N–H and O–H groups in total. The van der Waals surface area contributed by atoms with E-state index >= 15 is 0 Å². The average molecular weight is 270 g/mol. The van der Waals surface area contributed by atoms with Gasteiger partial charge in [0, 0.05) is 42.3 Å². The largest absolute Gasteiger partial charge is 0.310 e. The highest BCUT2D eigenvalue weighted by molar-refractivity contribution is 5.22. The van der Waals surface area contributed by atoms with Crippen LogP contribution in [0.2, 0.25) is 0 Å². The molecule has 2 rings (SSSR count). The van der Waals surface area contributed by atoms with Gasteiger partial charge in [0.1, 0.15) is 5.82 Å². The van der Waals surface area contributed by atoms with Crippen LogP contribution in [0.15, 0.2) is 30.7 Å². The van der Waals surface area contributed by atoms with Crippen LogP contribution in [-0.2, 0) is 6.42 Å². The molecule has 0 spiro atoms. The molecule has 106 valence electrons. The van der Waals surface area contributed by atoms with Crippen molar-refractivity contribution in [3.8, 4) is 0 Å². The molecule has 0 aromatic carbocycles. The van der Waals surface area contributed by atoms with E-state index in [1.807, 2.05) is 18.3 Å². The summed E-state index contributed by atoms with van der Waals surface area (Å²) in [4.78, 5) is 13.1. The molecule has 0 radical (unpaired) electrons. The maximum atomic E-state index is 4.63.